The molecule has 0 radical (unpaired) electrons. The van der Waals surface area contributed by atoms with Gasteiger partial charge in [-0.3, -0.25) is 10.1 Å². The number of alkyl carbamates (subject to hydrolysis) is 1. The lowest BCUT2D eigenvalue weighted by molar-refractivity contribution is -0.120. The SMILES string of the molecule is CCCCCCCCCCCCCCCCCCOC(=O)NC(=O)CC[P+](CCCC)(CCCC)CCCC.[Br-]. The molecule has 2 amide bonds. The lowest BCUT2D eigenvalue weighted by Crippen LogP contribution is -3.00. The zero-order chi connectivity index (χ0) is 28.9. The van der Waals surface area contributed by atoms with Gasteiger partial charge in [-0.25, -0.2) is 4.79 Å². The summed E-state index contributed by atoms with van der Waals surface area (Å²) in [4.78, 5) is 24.6. The Kier molecular flexibility index (Phi) is 33.4. The van der Waals surface area contributed by atoms with E-state index in [1.807, 2.05) is 0 Å². The van der Waals surface area contributed by atoms with Crippen LogP contribution in [0.2, 0.25) is 0 Å². The Morgan fingerprint density at radius 2 is 0.850 bits per heavy atom. The van der Waals surface area contributed by atoms with Crippen LogP contribution in [0.15, 0.2) is 0 Å². The molecule has 0 unspecified atom stereocenters. The molecule has 0 aromatic rings. The Hall–Kier alpha value is -0.150. The van der Waals surface area contributed by atoms with E-state index < -0.39 is 13.4 Å². The average Bonchev–Trinajstić information content (AvgIpc) is 2.94. The minimum absolute atomic E-state index is 0. The molecular weight excluding hydrogens is 581 g/mol. The van der Waals surface area contributed by atoms with Crippen molar-refractivity contribution in [2.45, 2.75) is 175 Å². The molecule has 6 heteroatoms. The van der Waals surface area contributed by atoms with E-state index in [-0.39, 0.29) is 22.9 Å². The number of hydrogen-bond donors (Lipinski definition) is 1. The van der Waals surface area contributed by atoms with Gasteiger partial charge in [0.05, 0.1) is 37.7 Å². The standard InChI is InChI=1S/C34H68NO3P.BrH/c1-5-9-13-14-15-16-17-18-19-20-21-22-23-24-25-26-28-38-34(37)35-33(36)27-32-39(29-10-6-2,30-11-7-3)31-12-8-4;/h5-32H2,1-4H3;1H. The van der Waals surface area contributed by atoms with Gasteiger partial charge in [0.15, 0.2) is 0 Å². The van der Waals surface area contributed by atoms with E-state index in [9.17, 15) is 9.59 Å². The first kappa shape index (κ1) is 42.0. The summed E-state index contributed by atoms with van der Waals surface area (Å²) < 4.78 is 5.30. The number of rotatable bonds is 29. The van der Waals surface area contributed by atoms with Crippen LogP contribution in [-0.4, -0.2) is 43.3 Å². The summed E-state index contributed by atoms with van der Waals surface area (Å²) in [5.41, 5.74) is 0. The summed E-state index contributed by atoms with van der Waals surface area (Å²) >= 11 is 0. The van der Waals surface area contributed by atoms with Crippen LogP contribution in [0.5, 0.6) is 0 Å². The molecule has 1 N–H and O–H groups in total. The van der Waals surface area contributed by atoms with Gasteiger partial charge >= 0.3 is 6.09 Å². The number of unbranched alkanes of at least 4 members (excludes halogenated alkanes) is 18. The first-order chi connectivity index (χ1) is 19.0. The van der Waals surface area contributed by atoms with Crippen molar-refractivity contribution < 1.29 is 31.3 Å². The van der Waals surface area contributed by atoms with Crippen LogP contribution >= 0.6 is 7.26 Å². The zero-order valence-electron chi connectivity index (χ0n) is 27.3. The Bertz CT molecular complexity index is 540. The van der Waals surface area contributed by atoms with Crippen molar-refractivity contribution in [1.29, 1.82) is 0 Å². The highest BCUT2D eigenvalue weighted by Crippen LogP contribution is 2.61. The van der Waals surface area contributed by atoms with Crippen molar-refractivity contribution in [1.82, 2.24) is 5.32 Å². The van der Waals surface area contributed by atoms with Crippen molar-refractivity contribution in [2.24, 2.45) is 0 Å². The van der Waals surface area contributed by atoms with Crippen LogP contribution < -0.4 is 22.3 Å². The molecule has 0 atom stereocenters. The molecule has 0 aromatic heterocycles. The number of carbonyl (C=O) groups is 2. The number of imide groups is 1. The topological polar surface area (TPSA) is 55.4 Å². The van der Waals surface area contributed by atoms with Gasteiger partial charge in [-0.15, -0.1) is 0 Å². The summed E-state index contributed by atoms with van der Waals surface area (Å²) in [6.07, 6.45) is 33.5. The Balaban J connectivity index is 0. The minimum atomic E-state index is -1.11. The fourth-order valence-corrected chi connectivity index (χ4v) is 10.5. The summed E-state index contributed by atoms with van der Waals surface area (Å²) in [6.45, 7) is 9.48. The van der Waals surface area contributed by atoms with E-state index in [1.54, 1.807) is 0 Å². The molecular formula is C34H69BrNO3P. The molecule has 0 saturated carbocycles. The van der Waals surface area contributed by atoms with E-state index in [4.69, 9.17) is 4.74 Å². The van der Waals surface area contributed by atoms with Gasteiger partial charge in [0.2, 0.25) is 5.91 Å². The highest BCUT2D eigenvalue weighted by atomic mass is 79.9. The van der Waals surface area contributed by atoms with Gasteiger partial charge < -0.3 is 21.7 Å². The number of ether oxygens (including phenoxy) is 1. The van der Waals surface area contributed by atoms with E-state index in [0.29, 0.717) is 13.0 Å². The predicted molar refractivity (Wildman–Crippen MR) is 175 cm³/mol. The Morgan fingerprint density at radius 1 is 0.500 bits per heavy atom. The fraction of sp³-hybridized carbons (Fsp3) is 0.941. The van der Waals surface area contributed by atoms with Crippen LogP contribution in [0.25, 0.3) is 0 Å². The molecule has 0 aliphatic heterocycles. The predicted octanol–water partition coefficient (Wildman–Crippen LogP) is 8.31. The first-order valence-electron chi connectivity index (χ1n) is 17.3. The Morgan fingerprint density at radius 3 is 1.23 bits per heavy atom. The van der Waals surface area contributed by atoms with Crippen LogP contribution in [-0.2, 0) is 9.53 Å². The number of amides is 2. The van der Waals surface area contributed by atoms with E-state index in [0.717, 1.165) is 19.0 Å². The second-order valence-corrected chi connectivity index (χ2v) is 16.5. The molecule has 0 spiro atoms. The van der Waals surface area contributed by atoms with E-state index in [2.05, 4.69) is 33.0 Å². The smallest absolute Gasteiger partial charge is 0.413 e. The average molecular weight is 651 g/mol. The highest BCUT2D eigenvalue weighted by molar-refractivity contribution is 7.75. The van der Waals surface area contributed by atoms with Gasteiger partial charge in [0.1, 0.15) is 0 Å². The molecule has 0 fully saturated rings. The number of hydrogen-bond acceptors (Lipinski definition) is 3. The molecule has 40 heavy (non-hydrogen) atoms. The van der Waals surface area contributed by atoms with Gasteiger partial charge in [-0.1, -0.05) is 143 Å². The number of carbonyl (C=O) groups excluding carboxylic acids is 2. The van der Waals surface area contributed by atoms with Crippen molar-refractivity contribution in [3.8, 4) is 0 Å². The first-order valence-corrected chi connectivity index (χ1v) is 19.9. The summed E-state index contributed by atoms with van der Waals surface area (Å²) in [5, 5.41) is 2.49. The van der Waals surface area contributed by atoms with Gasteiger partial charge in [-0.2, -0.15) is 0 Å². The maximum atomic E-state index is 12.5. The van der Waals surface area contributed by atoms with Gasteiger partial charge in [0, 0.05) is 7.26 Å². The summed E-state index contributed by atoms with van der Waals surface area (Å²) in [5.74, 6) is -0.152. The maximum absolute atomic E-state index is 12.5. The van der Waals surface area contributed by atoms with E-state index >= 15 is 0 Å². The molecule has 0 aliphatic rings. The third-order valence-corrected chi connectivity index (χ3v) is 13.2. The highest BCUT2D eigenvalue weighted by Gasteiger charge is 2.35. The van der Waals surface area contributed by atoms with Crippen molar-refractivity contribution >= 4 is 19.3 Å². The lowest BCUT2D eigenvalue weighted by atomic mass is 10.0. The van der Waals surface area contributed by atoms with Gasteiger partial charge in [-0.05, 0) is 25.7 Å². The normalized spacial score (nSPS) is 11.3. The molecule has 240 valence electrons. The molecule has 4 nitrogen and oxygen atoms in total. The van der Waals surface area contributed by atoms with E-state index in [1.165, 1.54) is 147 Å². The van der Waals surface area contributed by atoms with Crippen LogP contribution in [0.1, 0.15) is 175 Å². The second kappa shape index (κ2) is 31.8. The molecule has 0 aromatic carbocycles. The summed E-state index contributed by atoms with van der Waals surface area (Å²) in [6, 6.07) is 0. The van der Waals surface area contributed by atoms with Crippen molar-refractivity contribution in [2.75, 3.05) is 31.3 Å². The fourth-order valence-electron chi connectivity index (χ4n) is 5.52. The number of nitrogens with one attached hydrogen (secondary N) is 1. The summed E-state index contributed by atoms with van der Waals surface area (Å²) in [7, 11) is -1.11. The molecule has 0 saturated heterocycles. The monoisotopic (exact) mass is 649 g/mol. The Labute approximate surface area is 261 Å². The molecule has 0 aliphatic carbocycles. The quantitative estimate of drug-likeness (QED) is 0.0655. The van der Waals surface area contributed by atoms with Crippen molar-refractivity contribution in [3.63, 3.8) is 0 Å². The maximum Gasteiger partial charge on any atom is 0.413 e. The zero-order valence-corrected chi connectivity index (χ0v) is 29.8. The van der Waals surface area contributed by atoms with Crippen molar-refractivity contribution in [3.05, 3.63) is 0 Å². The number of halogens is 1. The molecule has 0 bridgehead atoms. The lowest BCUT2D eigenvalue weighted by Gasteiger charge is -2.27. The van der Waals surface area contributed by atoms with Crippen LogP contribution in [0.4, 0.5) is 4.79 Å². The third-order valence-electron chi connectivity index (χ3n) is 8.24. The molecule has 0 heterocycles. The third kappa shape index (κ3) is 26.7. The second-order valence-electron chi connectivity index (χ2n) is 12.0. The largest absolute Gasteiger partial charge is 1.00 e. The minimum Gasteiger partial charge on any atom is -1.00 e. The van der Waals surface area contributed by atoms with Crippen LogP contribution in [0, 0.1) is 0 Å². The van der Waals surface area contributed by atoms with Gasteiger partial charge in [0.25, 0.3) is 0 Å². The molecule has 0 rings (SSSR count). The van der Waals surface area contributed by atoms with Crippen LogP contribution in [0.3, 0.4) is 0 Å².